The molecule has 0 amide bonds. The topological polar surface area (TPSA) is 21.3 Å². The fraction of sp³-hybridized carbons (Fsp3) is 0.647. The van der Waals surface area contributed by atoms with Crippen LogP contribution in [-0.4, -0.2) is 19.7 Å². The standard InChI is InChI=1S/C17H28BrNO/c1-5-7-13(3)16(19-10-6-2)12-14-8-9-17(20-4)15(18)11-14/h8-9,11,13,16,19H,5-7,10,12H2,1-4H3. The van der Waals surface area contributed by atoms with Crippen molar-refractivity contribution in [2.75, 3.05) is 13.7 Å². The average molecular weight is 342 g/mol. The smallest absolute Gasteiger partial charge is 0.133 e. The van der Waals surface area contributed by atoms with Gasteiger partial charge in [-0.1, -0.05) is 33.3 Å². The Kier molecular flexibility index (Phi) is 8.24. The van der Waals surface area contributed by atoms with Gasteiger partial charge < -0.3 is 10.1 Å². The maximum Gasteiger partial charge on any atom is 0.133 e. The molecule has 0 aromatic heterocycles. The average Bonchev–Trinajstić information content (AvgIpc) is 2.43. The van der Waals surface area contributed by atoms with Crippen LogP contribution in [-0.2, 0) is 6.42 Å². The predicted octanol–water partition coefficient (Wildman–Crippen LogP) is 4.80. The summed E-state index contributed by atoms with van der Waals surface area (Å²) in [5, 5.41) is 3.70. The number of hydrogen-bond donors (Lipinski definition) is 1. The first-order valence-corrected chi connectivity index (χ1v) is 8.47. The summed E-state index contributed by atoms with van der Waals surface area (Å²) < 4.78 is 6.33. The molecule has 0 aliphatic heterocycles. The van der Waals surface area contributed by atoms with Crippen LogP contribution in [0.5, 0.6) is 5.75 Å². The summed E-state index contributed by atoms with van der Waals surface area (Å²) >= 11 is 3.57. The van der Waals surface area contributed by atoms with Gasteiger partial charge in [0.1, 0.15) is 5.75 Å². The van der Waals surface area contributed by atoms with Crippen LogP contribution in [0, 0.1) is 5.92 Å². The zero-order valence-electron chi connectivity index (χ0n) is 13.2. The van der Waals surface area contributed by atoms with Crippen LogP contribution < -0.4 is 10.1 Å². The Morgan fingerprint density at radius 1 is 1.25 bits per heavy atom. The maximum atomic E-state index is 5.29. The van der Waals surface area contributed by atoms with Crippen molar-refractivity contribution in [3.8, 4) is 5.75 Å². The third-order valence-electron chi connectivity index (χ3n) is 3.76. The van der Waals surface area contributed by atoms with Crippen molar-refractivity contribution in [1.29, 1.82) is 0 Å². The summed E-state index contributed by atoms with van der Waals surface area (Å²) in [6.45, 7) is 7.93. The molecular formula is C17H28BrNO. The van der Waals surface area contributed by atoms with Crippen molar-refractivity contribution >= 4 is 15.9 Å². The van der Waals surface area contributed by atoms with Crippen LogP contribution in [0.3, 0.4) is 0 Å². The number of halogens is 1. The summed E-state index contributed by atoms with van der Waals surface area (Å²) in [5.41, 5.74) is 1.36. The van der Waals surface area contributed by atoms with Gasteiger partial charge in [-0.3, -0.25) is 0 Å². The van der Waals surface area contributed by atoms with E-state index in [0.717, 1.165) is 23.2 Å². The summed E-state index contributed by atoms with van der Waals surface area (Å²) in [7, 11) is 1.70. The first-order valence-electron chi connectivity index (χ1n) is 7.68. The highest BCUT2D eigenvalue weighted by molar-refractivity contribution is 9.10. The van der Waals surface area contributed by atoms with Gasteiger partial charge in [-0.2, -0.15) is 0 Å². The summed E-state index contributed by atoms with van der Waals surface area (Å²) in [4.78, 5) is 0. The van der Waals surface area contributed by atoms with Crippen LogP contribution in [0.25, 0.3) is 0 Å². The van der Waals surface area contributed by atoms with Crippen LogP contribution in [0.2, 0.25) is 0 Å². The molecule has 2 atom stereocenters. The van der Waals surface area contributed by atoms with E-state index in [0.29, 0.717) is 12.0 Å². The molecule has 0 saturated heterocycles. The van der Waals surface area contributed by atoms with Crippen molar-refractivity contribution in [1.82, 2.24) is 5.32 Å². The van der Waals surface area contributed by atoms with Gasteiger partial charge in [-0.05, 0) is 65.4 Å². The van der Waals surface area contributed by atoms with Gasteiger partial charge in [0.25, 0.3) is 0 Å². The Labute approximate surface area is 132 Å². The zero-order valence-corrected chi connectivity index (χ0v) is 14.8. The Morgan fingerprint density at radius 2 is 2.00 bits per heavy atom. The van der Waals surface area contributed by atoms with E-state index >= 15 is 0 Å². The van der Waals surface area contributed by atoms with Gasteiger partial charge in [-0.25, -0.2) is 0 Å². The lowest BCUT2D eigenvalue weighted by atomic mass is 9.91. The highest BCUT2D eigenvalue weighted by Crippen LogP contribution is 2.27. The third kappa shape index (κ3) is 5.45. The molecular weight excluding hydrogens is 314 g/mol. The van der Waals surface area contributed by atoms with Gasteiger partial charge in [-0.15, -0.1) is 0 Å². The van der Waals surface area contributed by atoms with E-state index in [1.165, 1.54) is 24.8 Å². The first-order chi connectivity index (χ1) is 9.62. The molecule has 0 fully saturated rings. The van der Waals surface area contributed by atoms with Crippen molar-refractivity contribution in [2.45, 2.75) is 52.5 Å². The number of hydrogen-bond acceptors (Lipinski definition) is 2. The highest BCUT2D eigenvalue weighted by Gasteiger charge is 2.16. The van der Waals surface area contributed by atoms with E-state index in [1.54, 1.807) is 7.11 Å². The molecule has 0 bridgehead atoms. The van der Waals surface area contributed by atoms with Gasteiger partial charge in [0.2, 0.25) is 0 Å². The fourth-order valence-electron chi connectivity index (χ4n) is 2.55. The summed E-state index contributed by atoms with van der Waals surface area (Å²) in [6.07, 6.45) is 4.78. The number of nitrogens with one attached hydrogen (secondary N) is 1. The van der Waals surface area contributed by atoms with Crippen molar-refractivity contribution in [2.24, 2.45) is 5.92 Å². The molecule has 2 nitrogen and oxygen atoms in total. The van der Waals surface area contributed by atoms with Crippen molar-refractivity contribution in [3.05, 3.63) is 28.2 Å². The maximum absolute atomic E-state index is 5.29. The molecule has 0 heterocycles. The van der Waals surface area contributed by atoms with Gasteiger partial charge in [0.05, 0.1) is 11.6 Å². The Hall–Kier alpha value is -0.540. The van der Waals surface area contributed by atoms with Crippen LogP contribution in [0.15, 0.2) is 22.7 Å². The molecule has 0 aliphatic rings. The molecule has 1 N–H and O–H groups in total. The van der Waals surface area contributed by atoms with E-state index < -0.39 is 0 Å². The van der Waals surface area contributed by atoms with Crippen LogP contribution in [0.4, 0.5) is 0 Å². The van der Waals surface area contributed by atoms with Gasteiger partial charge >= 0.3 is 0 Å². The molecule has 0 saturated carbocycles. The third-order valence-corrected chi connectivity index (χ3v) is 4.38. The molecule has 1 aromatic rings. The largest absolute Gasteiger partial charge is 0.496 e. The van der Waals surface area contributed by atoms with Crippen LogP contribution >= 0.6 is 15.9 Å². The predicted molar refractivity (Wildman–Crippen MR) is 90.6 cm³/mol. The Bertz CT molecular complexity index is 395. The Balaban J connectivity index is 2.74. The SMILES string of the molecule is CCCNC(Cc1ccc(OC)c(Br)c1)C(C)CCC. The number of methoxy groups -OCH3 is 1. The zero-order chi connectivity index (χ0) is 15.0. The number of ether oxygens (including phenoxy) is 1. The van der Waals surface area contributed by atoms with E-state index in [1.807, 2.05) is 6.07 Å². The molecule has 114 valence electrons. The first kappa shape index (κ1) is 17.5. The lowest BCUT2D eigenvalue weighted by molar-refractivity contribution is 0.352. The minimum absolute atomic E-state index is 0.551. The molecule has 1 aromatic carbocycles. The minimum Gasteiger partial charge on any atom is -0.496 e. The molecule has 0 spiro atoms. The van der Waals surface area contributed by atoms with Gasteiger partial charge in [0.15, 0.2) is 0 Å². The molecule has 20 heavy (non-hydrogen) atoms. The fourth-order valence-corrected chi connectivity index (χ4v) is 3.14. The van der Waals surface area contributed by atoms with E-state index in [4.69, 9.17) is 4.74 Å². The van der Waals surface area contributed by atoms with Crippen LogP contribution in [0.1, 0.15) is 45.6 Å². The quantitative estimate of drug-likeness (QED) is 0.696. The van der Waals surface area contributed by atoms with Crippen molar-refractivity contribution in [3.63, 3.8) is 0 Å². The summed E-state index contributed by atoms with van der Waals surface area (Å²) in [6, 6.07) is 6.94. The molecule has 0 aliphatic carbocycles. The minimum atomic E-state index is 0.551. The lowest BCUT2D eigenvalue weighted by Gasteiger charge is -2.25. The summed E-state index contributed by atoms with van der Waals surface area (Å²) in [5.74, 6) is 1.60. The normalized spacial score (nSPS) is 14.1. The molecule has 1 rings (SSSR count). The monoisotopic (exact) mass is 341 g/mol. The Morgan fingerprint density at radius 3 is 2.55 bits per heavy atom. The molecule has 2 unspecified atom stereocenters. The second-order valence-electron chi connectivity index (χ2n) is 5.50. The highest BCUT2D eigenvalue weighted by atomic mass is 79.9. The number of benzene rings is 1. The number of rotatable bonds is 9. The second-order valence-corrected chi connectivity index (χ2v) is 6.35. The molecule has 0 radical (unpaired) electrons. The lowest BCUT2D eigenvalue weighted by Crippen LogP contribution is -2.37. The van der Waals surface area contributed by atoms with Crippen molar-refractivity contribution < 1.29 is 4.74 Å². The second kappa shape index (κ2) is 9.41. The van der Waals surface area contributed by atoms with E-state index in [9.17, 15) is 0 Å². The van der Waals surface area contributed by atoms with E-state index in [2.05, 4.69) is 54.2 Å². The van der Waals surface area contributed by atoms with Gasteiger partial charge in [0, 0.05) is 6.04 Å². The molecule has 3 heteroatoms. The van der Waals surface area contributed by atoms with E-state index in [-0.39, 0.29) is 0 Å².